The van der Waals surface area contributed by atoms with Crippen LogP contribution in [0.2, 0.25) is 0 Å². The van der Waals surface area contributed by atoms with Gasteiger partial charge in [-0.3, -0.25) is 4.79 Å². The molecular weight excluding hydrogens is 284 g/mol. The molecule has 0 saturated carbocycles. The minimum Gasteiger partial charge on any atom is -0.367 e. The fraction of sp³-hybridized carbons (Fsp3) is 0.400. The molecule has 2 aromatic rings. The lowest BCUT2D eigenvalue weighted by molar-refractivity contribution is 0.103. The molecule has 1 aromatic carbocycles. The zero-order valence-corrected chi connectivity index (χ0v) is 14.1. The molecule has 1 N–H and O–H groups in total. The Morgan fingerprint density at radius 3 is 2.52 bits per heavy atom. The number of nitrogens with zero attached hydrogens (tertiary/aromatic N) is 1. The number of anilines is 1. The molecule has 1 unspecified atom stereocenters. The highest BCUT2D eigenvalue weighted by molar-refractivity contribution is 6.11. The molecule has 0 saturated heterocycles. The van der Waals surface area contributed by atoms with Gasteiger partial charge in [-0.2, -0.15) is 0 Å². The molecule has 0 aliphatic heterocycles. The Kier molecular flexibility index (Phi) is 6.79. The van der Waals surface area contributed by atoms with E-state index in [1.807, 2.05) is 42.5 Å². The van der Waals surface area contributed by atoms with Crippen LogP contribution in [0.5, 0.6) is 0 Å². The molecule has 23 heavy (non-hydrogen) atoms. The van der Waals surface area contributed by atoms with Crippen LogP contribution in [-0.4, -0.2) is 16.8 Å². The predicted molar refractivity (Wildman–Crippen MR) is 96.0 cm³/mol. The van der Waals surface area contributed by atoms with Crippen LogP contribution in [0, 0.1) is 0 Å². The fourth-order valence-corrected chi connectivity index (χ4v) is 2.73. The van der Waals surface area contributed by atoms with Crippen LogP contribution in [0.15, 0.2) is 48.7 Å². The number of aromatic nitrogens is 1. The van der Waals surface area contributed by atoms with E-state index in [4.69, 9.17) is 0 Å². The third kappa shape index (κ3) is 4.92. The van der Waals surface area contributed by atoms with E-state index >= 15 is 0 Å². The number of carbonyl (C=O) groups is 1. The van der Waals surface area contributed by atoms with Crippen LogP contribution in [0.1, 0.15) is 61.9 Å². The van der Waals surface area contributed by atoms with Crippen LogP contribution in [0.25, 0.3) is 0 Å². The summed E-state index contributed by atoms with van der Waals surface area (Å²) in [5.74, 6) is 0.725. The lowest BCUT2D eigenvalue weighted by Crippen LogP contribution is -2.22. The zero-order chi connectivity index (χ0) is 16.5. The maximum absolute atomic E-state index is 12.7. The first-order valence-corrected chi connectivity index (χ1v) is 8.57. The smallest absolute Gasteiger partial charge is 0.196 e. The van der Waals surface area contributed by atoms with Gasteiger partial charge in [-0.25, -0.2) is 4.98 Å². The summed E-state index contributed by atoms with van der Waals surface area (Å²) in [6.07, 6.45) is 7.44. The first-order valence-electron chi connectivity index (χ1n) is 8.57. The summed E-state index contributed by atoms with van der Waals surface area (Å²) in [5.41, 5.74) is 1.35. The first kappa shape index (κ1) is 17.2. The minimum atomic E-state index is 0.0203. The molecule has 122 valence electrons. The van der Waals surface area contributed by atoms with E-state index in [1.54, 1.807) is 6.20 Å². The van der Waals surface area contributed by atoms with Gasteiger partial charge in [0.1, 0.15) is 5.82 Å². The molecule has 3 heteroatoms. The van der Waals surface area contributed by atoms with Crippen molar-refractivity contribution in [2.75, 3.05) is 5.32 Å². The molecule has 0 bridgehead atoms. The Balaban J connectivity index is 2.21. The van der Waals surface area contributed by atoms with Gasteiger partial charge in [-0.1, -0.05) is 63.4 Å². The van der Waals surface area contributed by atoms with Crippen LogP contribution in [0.3, 0.4) is 0 Å². The summed E-state index contributed by atoms with van der Waals surface area (Å²) in [7, 11) is 0. The summed E-state index contributed by atoms with van der Waals surface area (Å²) in [4.78, 5) is 17.2. The van der Waals surface area contributed by atoms with Gasteiger partial charge in [0.15, 0.2) is 5.78 Å². The summed E-state index contributed by atoms with van der Waals surface area (Å²) in [6.45, 7) is 4.39. The molecule has 1 atom stereocenters. The van der Waals surface area contributed by atoms with Crippen LogP contribution in [-0.2, 0) is 0 Å². The SMILES string of the molecule is CCCCC(CCC)Nc1ncccc1C(=O)c1ccccc1. The third-order valence-electron chi connectivity index (χ3n) is 3.97. The monoisotopic (exact) mass is 310 g/mol. The fourth-order valence-electron chi connectivity index (χ4n) is 2.73. The molecule has 1 aromatic heterocycles. The van der Waals surface area contributed by atoms with Gasteiger partial charge < -0.3 is 5.32 Å². The van der Waals surface area contributed by atoms with Crippen LogP contribution in [0.4, 0.5) is 5.82 Å². The zero-order valence-electron chi connectivity index (χ0n) is 14.1. The third-order valence-corrected chi connectivity index (χ3v) is 3.97. The predicted octanol–water partition coefficient (Wildman–Crippen LogP) is 5.08. The number of hydrogen-bond donors (Lipinski definition) is 1. The standard InChI is InChI=1S/C20H26N2O/c1-3-5-13-17(10-4-2)22-20-18(14-9-15-21-20)19(23)16-11-7-6-8-12-16/h6-9,11-12,14-15,17H,3-5,10,13H2,1-2H3,(H,21,22). The topological polar surface area (TPSA) is 42.0 Å². The normalized spacial score (nSPS) is 11.9. The minimum absolute atomic E-state index is 0.0203. The first-order chi connectivity index (χ1) is 11.3. The van der Waals surface area contributed by atoms with Gasteiger partial charge >= 0.3 is 0 Å². The molecule has 0 spiro atoms. The molecule has 3 nitrogen and oxygen atoms in total. The van der Waals surface area contributed by atoms with Crippen molar-refractivity contribution in [2.24, 2.45) is 0 Å². The van der Waals surface area contributed by atoms with E-state index in [1.165, 1.54) is 12.8 Å². The van der Waals surface area contributed by atoms with Gasteiger partial charge in [-0.15, -0.1) is 0 Å². The number of rotatable bonds is 9. The van der Waals surface area contributed by atoms with E-state index < -0.39 is 0 Å². The Morgan fingerprint density at radius 2 is 1.83 bits per heavy atom. The summed E-state index contributed by atoms with van der Waals surface area (Å²) < 4.78 is 0. The number of benzene rings is 1. The number of carbonyl (C=O) groups excluding carboxylic acids is 1. The van der Waals surface area contributed by atoms with Crippen LogP contribution >= 0.6 is 0 Å². The van der Waals surface area contributed by atoms with E-state index in [-0.39, 0.29) is 5.78 Å². The Bertz CT molecular complexity index is 610. The largest absolute Gasteiger partial charge is 0.367 e. The molecule has 0 radical (unpaired) electrons. The van der Waals surface area contributed by atoms with Crippen molar-refractivity contribution in [1.82, 2.24) is 4.98 Å². The Hall–Kier alpha value is -2.16. The number of ketones is 1. The van der Waals surface area contributed by atoms with Crippen molar-refractivity contribution in [3.05, 3.63) is 59.8 Å². The van der Waals surface area contributed by atoms with Gasteiger partial charge in [0.25, 0.3) is 0 Å². The highest BCUT2D eigenvalue weighted by atomic mass is 16.1. The molecule has 1 heterocycles. The van der Waals surface area contributed by atoms with Crippen LogP contribution < -0.4 is 5.32 Å². The lowest BCUT2D eigenvalue weighted by Gasteiger charge is -2.20. The Morgan fingerprint density at radius 1 is 1.04 bits per heavy atom. The molecular formula is C20H26N2O. The number of hydrogen-bond acceptors (Lipinski definition) is 3. The quantitative estimate of drug-likeness (QED) is 0.656. The maximum atomic E-state index is 12.7. The van der Waals surface area contributed by atoms with Crippen molar-refractivity contribution >= 4 is 11.6 Å². The number of unbranched alkanes of at least 4 members (excludes halogenated alkanes) is 1. The summed E-state index contributed by atoms with van der Waals surface area (Å²) >= 11 is 0. The second-order valence-corrected chi connectivity index (χ2v) is 5.87. The van der Waals surface area contributed by atoms with E-state index in [2.05, 4.69) is 24.1 Å². The van der Waals surface area contributed by atoms with E-state index in [0.29, 0.717) is 23.0 Å². The molecule has 0 amide bonds. The van der Waals surface area contributed by atoms with Crippen molar-refractivity contribution < 1.29 is 4.79 Å². The highest BCUT2D eigenvalue weighted by Gasteiger charge is 2.16. The number of nitrogens with one attached hydrogen (secondary N) is 1. The van der Waals surface area contributed by atoms with Gasteiger partial charge in [-0.05, 0) is 25.0 Å². The average Bonchev–Trinajstić information content (AvgIpc) is 2.60. The number of pyridine rings is 1. The van der Waals surface area contributed by atoms with Gasteiger partial charge in [0, 0.05) is 17.8 Å². The molecule has 0 aliphatic rings. The van der Waals surface area contributed by atoms with E-state index in [9.17, 15) is 4.79 Å². The van der Waals surface area contributed by atoms with E-state index in [0.717, 1.165) is 19.3 Å². The highest BCUT2D eigenvalue weighted by Crippen LogP contribution is 2.20. The maximum Gasteiger partial charge on any atom is 0.196 e. The van der Waals surface area contributed by atoms with Crippen molar-refractivity contribution in [1.29, 1.82) is 0 Å². The van der Waals surface area contributed by atoms with Crippen molar-refractivity contribution in [2.45, 2.75) is 52.0 Å². The van der Waals surface area contributed by atoms with Gasteiger partial charge in [0.05, 0.1) is 5.56 Å². The molecule has 2 rings (SSSR count). The average molecular weight is 310 g/mol. The molecule has 0 aliphatic carbocycles. The lowest BCUT2D eigenvalue weighted by atomic mass is 10.0. The summed E-state index contributed by atoms with van der Waals surface area (Å²) in [5, 5.41) is 3.50. The Labute approximate surface area is 139 Å². The molecule has 0 fully saturated rings. The second kappa shape index (κ2) is 9.09. The second-order valence-electron chi connectivity index (χ2n) is 5.87. The summed E-state index contributed by atoms with van der Waals surface area (Å²) in [6, 6.07) is 13.4. The van der Waals surface area contributed by atoms with Crippen molar-refractivity contribution in [3.8, 4) is 0 Å². The van der Waals surface area contributed by atoms with Gasteiger partial charge in [0.2, 0.25) is 0 Å². The van der Waals surface area contributed by atoms with Crippen molar-refractivity contribution in [3.63, 3.8) is 0 Å².